The number of benzene rings is 3. The van der Waals surface area contributed by atoms with Crippen LogP contribution in [-0.2, 0) is 22.6 Å². The third kappa shape index (κ3) is 7.59. The summed E-state index contributed by atoms with van der Waals surface area (Å²) < 4.78 is 6.02. The smallest absolute Gasteiger partial charge is 0.261 e. The van der Waals surface area contributed by atoms with Crippen molar-refractivity contribution in [1.29, 1.82) is 0 Å². The Morgan fingerprint density at radius 3 is 2.25 bits per heavy atom. The van der Waals surface area contributed by atoms with E-state index in [1.807, 2.05) is 83.1 Å². The van der Waals surface area contributed by atoms with Crippen molar-refractivity contribution in [2.24, 2.45) is 0 Å². The number of carbonyl (C=O) groups excluding carboxylic acids is 2. The molecule has 0 saturated carbocycles. The molecule has 0 radical (unpaired) electrons. The molecule has 0 bridgehead atoms. The van der Waals surface area contributed by atoms with Crippen LogP contribution < -0.4 is 10.1 Å². The van der Waals surface area contributed by atoms with Crippen LogP contribution in [0, 0.1) is 20.8 Å². The van der Waals surface area contributed by atoms with Crippen molar-refractivity contribution in [3.05, 3.63) is 99.6 Å². The summed E-state index contributed by atoms with van der Waals surface area (Å²) in [5.74, 6) is 0.223. The molecule has 6 heteroatoms. The molecule has 0 fully saturated rings. The second kappa shape index (κ2) is 12.6. The Labute approximate surface area is 219 Å². The van der Waals surface area contributed by atoms with Gasteiger partial charge >= 0.3 is 0 Å². The molecular formula is C30H35ClN2O3. The van der Waals surface area contributed by atoms with Gasteiger partial charge in [-0.1, -0.05) is 60.1 Å². The van der Waals surface area contributed by atoms with Crippen molar-refractivity contribution in [2.75, 3.05) is 6.61 Å². The Balaban J connectivity index is 1.93. The molecule has 0 saturated heterocycles. The molecule has 2 amide bonds. The Bertz CT molecular complexity index is 1180. The molecular weight excluding hydrogens is 472 g/mol. The molecule has 0 aliphatic carbocycles. The average molecular weight is 507 g/mol. The normalized spacial score (nSPS) is 11.8. The number of amides is 2. The molecule has 0 aliphatic heterocycles. The average Bonchev–Trinajstić information content (AvgIpc) is 2.83. The highest BCUT2D eigenvalue weighted by Gasteiger charge is 2.31. The Hall–Kier alpha value is -3.31. The number of nitrogens with one attached hydrogen (secondary N) is 1. The fourth-order valence-corrected chi connectivity index (χ4v) is 4.22. The van der Waals surface area contributed by atoms with E-state index in [0.717, 1.165) is 27.8 Å². The summed E-state index contributed by atoms with van der Waals surface area (Å²) in [6.45, 7) is 9.92. The van der Waals surface area contributed by atoms with Crippen LogP contribution in [0.25, 0.3) is 0 Å². The van der Waals surface area contributed by atoms with Crippen LogP contribution in [0.3, 0.4) is 0 Å². The molecule has 190 valence electrons. The number of hydrogen-bond donors (Lipinski definition) is 1. The summed E-state index contributed by atoms with van der Waals surface area (Å²) in [4.78, 5) is 28.7. The second-order valence-corrected chi connectivity index (χ2v) is 9.95. The van der Waals surface area contributed by atoms with Gasteiger partial charge in [-0.05, 0) is 80.6 Å². The number of nitrogens with zero attached hydrogens (tertiary/aromatic N) is 1. The van der Waals surface area contributed by atoms with E-state index in [0.29, 0.717) is 17.2 Å². The predicted octanol–water partition coefficient (Wildman–Crippen LogP) is 5.81. The van der Waals surface area contributed by atoms with Crippen molar-refractivity contribution >= 4 is 23.4 Å². The topological polar surface area (TPSA) is 58.6 Å². The van der Waals surface area contributed by atoms with E-state index in [-0.39, 0.29) is 31.0 Å². The minimum atomic E-state index is -0.707. The summed E-state index contributed by atoms with van der Waals surface area (Å²) in [7, 11) is 0. The molecule has 0 aliphatic rings. The molecule has 5 nitrogen and oxygen atoms in total. The largest absolute Gasteiger partial charge is 0.483 e. The van der Waals surface area contributed by atoms with Crippen molar-refractivity contribution < 1.29 is 14.3 Å². The van der Waals surface area contributed by atoms with Gasteiger partial charge in [0.15, 0.2) is 6.61 Å². The van der Waals surface area contributed by atoms with Gasteiger partial charge in [0.05, 0.1) is 0 Å². The zero-order valence-corrected chi connectivity index (χ0v) is 22.4. The van der Waals surface area contributed by atoms with Crippen molar-refractivity contribution in [3.8, 4) is 5.75 Å². The van der Waals surface area contributed by atoms with Crippen LogP contribution in [-0.4, -0.2) is 35.4 Å². The van der Waals surface area contributed by atoms with Crippen LogP contribution in [0.4, 0.5) is 0 Å². The quantitative estimate of drug-likeness (QED) is 0.377. The molecule has 36 heavy (non-hydrogen) atoms. The van der Waals surface area contributed by atoms with E-state index in [2.05, 4.69) is 11.4 Å². The van der Waals surface area contributed by atoms with Gasteiger partial charge in [-0.3, -0.25) is 9.59 Å². The highest BCUT2D eigenvalue weighted by molar-refractivity contribution is 6.30. The van der Waals surface area contributed by atoms with Crippen LogP contribution >= 0.6 is 11.6 Å². The first-order valence-corrected chi connectivity index (χ1v) is 12.6. The maximum atomic E-state index is 13.7. The van der Waals surface area contributed by atoms with E-state index >= 15 is 0 Å². The molecule has 3 rings (SSSR count). The van der Waals surface area contributed by atoms with Crippen LogP contribution in [0.5, 0.6) is 5.75 Å². The number of carbonyl (C=O) groups is 2. The fraction of sp³-hybridized carbons (Fsp3) is 0.333. The number of aryl methyl sites for hydroxylation is 2. The van der Waals surface area contributed by atoms with Gasteiger partial charge in [-0.2, -0.15) is 0 Å². The molecule has 0 spiro atoms. The SMILES string of the molecule is Cc1cc(C)c(C)c(OCC(=O)N(Cc2ccc(Cl)cc2)C(Cc2ccccc2)C(=O)NC(C)C)c1. The van der Waals surface area contributed by atoms with Gasteiger partial charge in [-0.25, -0.2) is 0 Å². The standard InChI is InChI=1S/C30H35ClN2O3/c1-20(2)32-30(35)27(17-24-9-7-6-8-10-24)33(18-25-11-13-26(31)14-12-25)29(34)19-36-28-16-21(3)15-22(4)23(28)5/h6-16,20,27H,17-19H2,1-5H3,(H,32,35). The lowest BCUT2D eigenvalue weighted by Gasteiger charge is -2.32. The summed E-state index contributed by atoms with van der Waals surface area (Å²) in [5.41, 5.74) is 5.02. The van der Waals surface area contributed by atoms with Crippen molar-refractivity contribution in [3.63, 3.8) is 0 Å². The monoisotopic (exact) mass is 506 g/mol. The van der Waals surface area contributed by atoms with Gasteiger partial charge in [0, 0.05) is 24.0 Å². The lowest BCUT2D eigenvalue weighted by atomic mass is 10.0. The lowest BCUT2D eigenvalue weighted by Crippen LogP contribution is -2.52. The van der Waals surface area contributed by atoms with Gasteiger partial charge in [0.1, 0.15) is 11.8 Å². The summed E-state index contributed by atoms with van der Waals surface area (Å²) in [6, 6.07) is 20.3. The van der Waals surface area contributed by atoms with E-state index in [9.17, 15) is 9.59 Å². The predicted molar refractivity (Wildman–Crippen MR) is 145 cm³/mol. The highest BCUT2D eigenvalue weighted by atomic mass is 35.5. The van der Waals surface area contributed by atoms with Gasteiger partial charge in [-0.15, -0.1) is 0 Å². The lowest BCUT2D eigenvalue weighted by molar-refractivity contribution is -0.143. The molecule has 0 heterocycles. The van der Waals surface area contributed by atoms with E-state index in [4.69, 9.17) is 16.3 Å². The summed E-state index contributed by atoms with van der Waals surface area (Å²) in [5, 5.41) is 3.61. The van der Waals surface area contributed by atoms with E-state index in [1.54, 1.807) is 17.0 Å². The Morgan fingerprint density at radius 1 is 0.944 bits per heavy atom. The summed E-state index contributed by atoms with van der Waals surface area (Å²) >= 11 is 6.08. The number of ether oxygens (including phenoxy) is 1. The molecule has 0 aromatic heterocycles. The third-order valence-corrected chi connectivity index (χ3v) is 6.34. The fourth-order valence-electron chi connectivity index (χ4n) is 4.09. The number of hydrogen-bond acceptors (Lipinski definition) is 3. The van der Waals surface area contributed by atoms with Gasteiger partial charge in [0.2, 0.25) is 5.91 Å². The van der Waals surface area contributed by atoms with Crippen molar-refractivity contribution in [2.45, 2.75) is 59.7 Å². The maximum absolute atomic E-state index is 13.7. The Kier molecular flexibility index (Phi) is 9.54. The molecule has 1 N–H and O–H groups in total. The first kappa shape index (κ1) is 27.3. The first-order chi connectivity index (χ1) is 17.1. The van der Waals surface area contributed by atoms with Gasteiger partial charge < -0.3 is 15.0 Å². The van der Waals surface area contributed by atoms with Crippen molar-refractivity contribution in [1.82, 2.24) is 10.2 Å². The maximum Gasteiger partial charge on any atom is 0.261 e. The van der Waals surface area contributed by atoms with E-state index in [1.165, 1.54) is 0 Å². The van der Waals surface area contributed by atoms with Crippen LogP contribution in [0.2, 0.25) is 5.02 Å². The van der Waals surface area contributed by atoms with E-state index < -0.39 is 6.04 Å². The minimum Gasteiger partial charge on any atom is -0.483 e. The summed E-state index contributed by atoms with van der Waals surface area (Å²) in [6.07, 6.45) is 0.390. The zero-order chi connectivity index (χ0) is 26.2. The Morgan fingerprint density at radius 2 is 1.61 bits per heavy atom. The van der Waals surface area contributed by atoms with Gasteiger partial charge in [0.25, 0.3) is 5.91 Å². The third-order valence-electron chi connectivity index (χ3n) is 6.08. The number of rotatable bonds is 10. The number of halogens is 1. The minimum absolute atomic E-state index is 0.0579. The zero-order valence-electron chi connectivity index (χ0n) is 21.7. The molecule has 1 unspecified atom stereocenters. The molecule has 3 aromatic rings. The van der Waals surface area contributed by atoms with Crippen LogP contribution in [0.15, 0.2) is 66.7 Å². The molecule has 1 atom stereocenters. The highest BCUT2D eigenvalue weighted by Crippen LogP contribution is 2.24. The molecule has 3 aromatic carbocycles. The second-order valence-electron chi connectivity index (χ2n) is 9.51. The van der Waals surface area contributed by atoms with Crippen LogP contribution in [0.1, 0.15) is 41.7 Å². The first-order valence-electron chi connectivity index (χ1n) is 12.2.